The summed E-state index contributed by atoms with van der Waals surface area (Å²) in [5.74, 6) is 0.956. The largest absolute Gasteiger partial charge is 0.496 e. The summed E-state index contributed by atoms with van der Waals surface area (Å²) in [4.78, 5) is 0. The van der Waals surface area contributed by atoms with E-state index in [4.69, 9.17) is 22.1 Å². The van der Waals surface area contributed by atoms with Gasteiger partial charge in [0.25, 0.3) is 0 Å². The molecule has 0 aliphatic rings. The molecule has 2 nitrogen and oxygen atoms in total. The molecule has 0 aliphatic heterocycles. The van der Waals surface area contributed by atoms with Gasteiger partial charge in [-0.05, 0) is 62.4 Å². The number of methoxy groups -OCH3 is 1. The third-order valence-corrected chi connectivity index (χ3v) is 3.71. The van der Waals surface area contributed by atoms with Gasteiger partial charge in [-0.15, -0.1) is 0 Å². The molecule has 2 N–H and O–H groups in total. The van der Waals surface area contributed by atoms with Crippen molar-refractivity contribution in [1.82, 2.24) is 0 Å². The molecule has 0 fully saturated rings. The molecule has 3 heteroatoms. The van der Waals surface area contributed by atoms with Crippen molar-refractivity contribution in [3.63, 3.8) is 0 Å². The van der Waals surface area contributed by atoms with Crippen molar-refractivity contribution in [2.24, 2.45) is 5.73 Å². The summed E-state index contributed by atoms with van der Waals surface area (Å²) in [6.45, 7) is 4.84. The monoisotopic (exact) mass is 255 g/mol. The summed E-state index contributed by atoms with van der Waals surface area (Å²) in [7, 11) is 1.71. The Morgan fingerprint density at radius 1 is 1.24 bits per heavy atom. The Hall–Kier alpha value is -0.730. The zero-order valence-corrected chi connectivity index (χ0v) is 11.7. The average Bonchev–Trinajstić information content (AvgIpc) is 2.33. The summed E-state index contributed by atoms with van der Waals surface area (Å²) in [6, 6.07) is 2.02. The molecule has 0 atom stereocenters. The standard InChI is InChI=1S/C14H22ClNO/c1-10-9-13(17-3)12(11(2)14(10)15)7-5-4-6-8-16/h9H,4-8,16H2,1-3H3. The van der Waals surface area contributed by atoms with Gasteiger partial charge in [0.15, 0.2) is 0 Å². The van der Waals surface area contributed by atoms with Crippen molar-refractivity contribution in [3.05, 3.63) is 27.8 Å². The Labute approximate surface area is 109 Å². The number of hydrogen-bond donors (Lipinski definition) is 1. The Bertz CT molecular complexity index is 377. The van der Waals surface area contributed by atoms with Crippen molar-refractivity contribution < 1.29 is 4.74 Å². The first-order chi connectivity index (χ1) is 8.11. The van der Waals surface area contributed by atoms with Crippen LogP contribution in [0.1, 0.15) is 36.0 Å². The van der Waals surface area contributed by atoms with Crippen molar-refractivity contribution in [3.8, 4) is 5.75 Å². The van der Waals surface area contributed by atoms with Crippen LogP contribution in [-0.4, -0.2) is 13.7 Å². The van der Waals surface area contributed by atoms with Crippen molar-refractivity contribution in [2.45, 2.75) is 39.5 Å². The first-order valence-electron chi connectivity index (χ1n) is 6.14. The maximum Gasteiger partial charge on any atom is 0.122 e. The van der Waals surface area contributed by atoms with Crippen LogP contribution < -0.4 is 10.5 Å². The van der Waals surface area contributed by atoms with Crippen LogP contribution in [0.15, 0.2) is 6.07 Å². The fourth-order valence-corrected chi connectivity index (χ4v) is 2.24. The van der Waals surface area contributed by atoms with Crippen LogP contribution >= 0.6 is 11.6 Å². The second-order valence-corrected chi connectivity index (χ2v) is 4.79. The second-order valence-electron chi connectivity index (χ2n) is 4.41. The Morgan fingerprint density at radius 2 is 1.94 bits per heavy atom. The van der Waals surface area contributed by atoms with E-state index in [1.54, 1.807) is 7.11 Å². The molecule has 0 aliphatic carbocycles. The molecule has 0 amide bonds. The first-order valence-corrected chi connectivity index (χ1v) is 6.52. The molecule has 0 saturated heterocycles. The summed E-state index contributed by atoms with van der Waals surface area (Å²) >= 11 is 6.28. The van der Waals surface area contributed by atoms with Crippen LogP contribution in [0.3, 0.4) is 0 Å². The third kappa shape index (κ3) is 3.62. The highest BCUT2D eigenvalue weighted by Gasteiger charge is 2.12. The van der Waals surface area contributed by atoms with Crippen molar-refractivity contribution >= 4 is 11.6 Å². The molecule has 0 radical (unpaired) electrons. The minimum Gasteiger partial charge on any atom is -0.496 e. The lowest BCUT2D eigenvalue weighted by atomic mass is 9.98. The highest BCUT2D eigenvalue weighted by molar-refractivity contribution is 6.32. The Morgan fingerprint density at radius 3 is 2.53 bits per heavy atom. The summed E-state index contributed by atoms with van der Waals surface area (Å²) < 4.78 is 5.44. The van der Waals surface area contributed by atoms with Crippen LogP contribution in [0.25, 0.3) is 0 Å². The van der Waals surface area contributed by atoms with Gasteiger partial charge in [-0.1, -0.05) is 18.0 Å². The molecular weight excluding hydrogens is 234 g/mol. The smallest absolute Gasteiger partial charge is 0.122 e. The van der Waals surface area contributed by atoms with E-state index < -0.39 is 0 Å². The molecular formula is C14H22ClNO. The fourth-order valence-electron chi connectivity index (χ4n) is 2.08. The number of rotatable bonds is 6. The Kier molecular flexibility index (Phi) is 5.79. The number of halogens is 1. The lowest BCUT2D eigenvalue weighted by Crippen LogP contribution is -2.01. The molecule has 0 saturated carbocycles. The number of nitrogens with two attached hydrogens (primary N) is 1. The quantitative estimate of drug-likeness (QED) is 0.788. The SMILES string of the molecule is COc1cc(C)c(Cl)c(C)c1CCCCCN. The highest BCUT2D eigenvalue weighted by atomic mass is 35.5. The first kappa shape index (κ1) is 14.3. The van der Waals surface area contributed by atoms with Gasteiger partial charge in [0, 0.05) is 5.02 Å². The minimum absolute atomic E-state index is 0.769. The highest BCUT2D eigenvalue weighted by Crippen LogP contribution is 2.32. The molecule has 0 heterocycles. The summed E-state index contributed by atoms with van der Waals surface area (Å²) in [6.07, 6.45) is 4.38. The predicted molar refractivity (Wildman–Crippen MR) is 74.1 cm³/mol. The molecule has 1 aromatic carbocycles. The number of benzene rings is 1. The number of unbranched alkanes of at least 4 members (excludes halogenated alkanes) is 2. The van der Waals surface area contributed by atoms with Gasteiger partial charge in [-0.25, -0.2) is 0 Å². The number of aryl methyl sites for hydroxylation is 1. The lowest BCUT2D eigenvalue weighted by molar-refractivity contribution is 0.408. The van der Waals surface area contributed by atoms with E-state index in [-0.39, 0.29) is 0 Å². The molecule has 96 valence electrons. The van der Waals surface area contributed by atoms with E-state index in [2.05, 4.69) is 6.92 Å². The van der Waals surface area contributed by atoms with E-state index in [1.165, 1.54) is 5.56 Å². The maximum absolute atomic E-state index is 6.28. The van der Waals surface area contributed by atoms with Gasteiger partial charge < -0.3 is 10.5 Å². The van der Waals surface area contributed by atoms with E-state index in [9.17, 15) is 0 Å². The molecule has 1 rings (SSSR count). The van der Waals surface area contributed by atoms with Gasteiger partial charge >= 0.3 is 0 Å². The van der Waals surface area contributed by atoms with E-state index in [0.717, 1.165) is 54.1 Å². The van der Waals surface area contributed by atoms with Crippen LogP contribution in [0.2, 0.25) is 5.02 Å². The summed E-state index contributed by atoms with van der Waals surface area (Å²) in [5, 5.41) is 0.861. The van der Waals surface area contributed by atoms with Gasteiger partial charge in [-0.3, -0.25) is 0 Å². The Balaban J connectivity index is 2.85. The molecule has 17 heavy (non-hydrogen) atoms. The predicted octanol–water partition coefficient (Wildman–Crippen LogP) is 3.64. The lowest BCUT2D eigenvalue weighted by Gasteiger charge is -2.15. The summed E-state index contributed by atoms with van der Waals surface area (Å²) in [5.41, 5.74) is 8.95. The zero-order valence-electron chi connectivity index (χ0n) is 11.0. The number of hydrogen-bond acceptors (Lipinski definition) is 2. The third-order valence-electron chi connectivity index (χ3n) is 3.12. The maximum atomic E-state index is 6.28. The molecule has 0 spiro atoms. The average molecular weight is 256 g/mol. The van der Waals surface area contributed by atoms with Crippen LogP contribution in [-0.2, 0) is 6.42 Å². The van der Waals surface area contributed by atoms with Crippen molar-refractivity contribution in [1.29, 1.82) is 0 Å². The van der Waals surface area contributed by atoms with Gasteiger partial charge in [0.2, 0.25) is 0 Å². The van der Waals surface area contributed by atoms with Crippen LogP contribution in [0.5, 0.6) is 5.75 Å². The fraction of sp³-hybridized carbons (Fsp3) is 0.571. The van der Waals surface area contributed by atoms with Crippen molar-refractivity contribution in [2.75, 3.05) is 13.7 Å². The van der Waals surface area contributed by atoms with E-state index in [1.807, 2.05) is 13.0 Å². The van der Waals surface area contributed by atoms with Gasteiger partial charge in [0.1, 0.15) is 5.75 Å². The van der Waals surface area contributed by atoms with E-state index >= 15 is 0 Å². The topological polar surface area (TPSA) is 35.2 Å². The molecule has 0 unspecified atom stereocenters. The van der Waals surface area contributed by atoms with Crippen LogP contribution in [0, 0.1) is 13.8 Å². The van der Waals surface area contributed by atoms with E-state index in [0.29, 0.717) is 0 Å². The van der Waals surface area contributed by atoms with Gasteiger partial charge in [-0.2, -0.15) is 0 Å². The normalized spacial score (nSPS) is 10.6. The minimum atomic E-state index is 0.769. The second kappa shape index (κ2) is 6.87. The van der Waals surface area contributed by atoms with Gasteiger partial charge in [0.05, 0.1) is 7.11 Å². The molecule has 1 aromatic rings. The molecule has 0 aromatic heterocycles. The number of ether oxygens (including phenoxy) is 1. The molecule has 0 bridgehead atoms. The zero-order chi connectivity index (χ0) is 12.8. The van der Waals surface area contributed by atoms with Crippen LogP contribution in [0.4, 0.5) is 0 Å².